The van der Waals surface area contributed by atoms with Crippen LogP contribution in [0.4, 0.5) is 37.0 Å². The summed E-state index contributed by atoms with van der Waals surface area (Å²) in [5, 5.41) is 8.92. The number of ether oxygens (including phenoxy) is 2. The molecule has 56 heavy (non-hydrogen) atoms. The Balaban J connectivity index is 1.80. The van der Waals surface area contributed by atoms with E-state index in [2.05, 4.69) is 25.7 Å². The number of benzene rings is 2. The lowest BCUT2D eigenvalue weighted by molar-refractivity contribution is -0.148. The Kier molecular flexibility index (Phi) is 11.6. The summed E-state index contributed by atoms with van der Waals surface area (Å²) in [6.45, 7) is 2.87. The van der Waals surface area contributed by atoms with Crippen LogP contribution in [-0.2, 0) is 32.8 Å². The van der Waals surface area contributed by atoms with Crippen molar-refractivity contribution in [2.45, 2.75) is 51.2 Å². The van der Waals surface area contributed by atoms with E-state index < -0.39 is 99.2 Å². The third kappa shape index (κ3) is 9.67. The van der Waals surface area contributed by atoms with E-state index in [1.807, 2.05) is 0 Å². The Morgan fingerprint density at radius 3 is 2.29 bits per heavy atom. The zero-order valence-electron chi connectivity index (χ0n) is 30.0. The normalized spacial score (nSPS) is 12.9. The molecule has 0 spiro atoms. The van der Waals surface area contributed by atoms with Crippen molar-refractivity contribution in [2.75, 3.05) is 23.9 Å². The molecule has 0 aliphatic heterocycles. The number of anilines is 1. The number of hydrogen-bond donors (Lipinski definition) is 2. The molecule has 14 nitrogen and oxygen atoms in total. The van der Waals surface area contributed by atoms with Gasteiger partial charge in [-0.25, -0.2) is 35.8 Å². The number of fused-ring (bicyclic) bond motifs is 2. The van der Waals surface area contributed by atoms with E-state index in [1.54, 1.807) is 20.8 Å². The third-order valence-corrected chi connectivity index (χ3v) is 8.74. The molecular weight excluding hydrogens is 800 g/mol. The third-order valence-electron chi connectivity index (χ3n) is 7.64. The Bertz CT molecular complexity index is 2510. The van der Waals surface area contributed by atoms with Gasteiger partial charge in [-0.05, 0) is 56.7 Å². The number of pyridine rings is 1. The lowest BCUT2D eigenvalue weighted by atomic mass is 10.0. The molecule has 0 unspecified atom stereocenters. The number of nitrogens with zero attached hydrogens (tertiary/aromatic N) is 5. The summed E-state index contributed by atoms with van der Waals surface area (Å²) >= 11 is 6.56. The van der Waals surface area contributed by atoms with Crippen molar-refractivity contribution >= 4 is 61.2 Å². The quantitative estimate of drug-likeness (QED) is 0.149. The minimum Gasteiger partial charge on any atom is -0.471 e. The monoisotopic (exact) mass is 831 g/mol. The van der Waals surface area contributed by atoms with Gasteiger partial charge in [0.05, 0.1) is 33.0 Å². The molecule has 0 aliphatic rings. The summed E-state index contributed by atoms with van der Waals surface area (Å²) < 4.78 is 118. The fourth-order valence-corrected chi connectivity index (χ4v) is 6.29. The van der Waals surface area contributed by atoms with Crippen molar-refractivity contribution in [1.29, 1.82) is 0 Å². The van der Waals surface area contributed by atoms with Gasteiger partial charge in [0, 0.05) is 31.9 Å². The summed E-state index contributed by atoms with van der Waals surface area (Å²) in [6.07, 6.45) is -4.75. The van der Waals surface area contributed by atoms with Gasteiger partial charge >= 0.3 is 18.4 Å². The van der Waals surface area contributed by atoms with E-state index in [9.17, 15) is 49.1 Å². The fourth-order valence-electron chi connectivity index (χ4n) is 5.50. The Labute approximate surface area is 318 Å². The largest absolute Gasteiger partial charge is 0.471 e. The maximum atomic E-state index is 14.6. The Morgan fingerprint density at radius 2 is 1.68 bits per heavy atom. The number of sulfone groups is 1. The van der Waals surface area contributed by atoms with Gasteiger partial charge in [-0.1, -0.05) is 11.6 Å². The molecule has 3 aromatic heterocycles. The van der Waals surface area contributed by atoms with Crippen LogP contribution in [0.15, 0.2) is 47.3 Å². The van der Waals surface area contributed by atoms with Crippen molar-refractivity contribution in [3.05, 3.63) is 80.9 Å². The predicted octanol–water partition coefficient (Wildman–Crippen LogP) is 5.67. The molecular formula is C34H32ClF6N7O7S. The van der Waals surface area contributed by atoms with E-state index in [-0.39, 0.29) is 38.4 Å². The van der Waals surface area contributed by atoms with Crippen LogP contribution in [0.1, 0.15) is 38.2 Å². The van der Waals surface area contributed by atoms with Crippen LogP contribution in [0.3, 0.4) is 0 Å². The van der Waals surface area contributed by atoms with E-state index in [0.717, 1.165) is 35.1 Å². The highest BCUT2D eigenvalue weighted by Gasteiger charge is 2.42. The van der Waals surface area contributed by atoms with Crippen molar-refractivity contribution in [2.24, 2.45) is 7.05 Å². The zero-order valence-corrected chi connectivity index (χ0v) is 31.5. The highest BCUT2D eigenvalue weighted by atomic mass is 35.5. The van der Waals surface area contributed by atoms with Gasteiger partial charge in [-0.3, -0.25) is 18.8 Å². The molecule has 0 bridgehead atoms. The number of carbonyl (C=O) groups excluding carboxylic acids is 2. The molecule has 5 aromatic rings. The molecule has 3 heterocycles. The van der Waals surface area contributed by atoms with Crippen LogP contribution in [0, 0.1) is 11.6 Å². The number of amides is 2. The smallest absolute Gasteiger partial charge is 0.408 e. The van der Waals surface area contributed by atoms with Crippen LogP contribution < -0.4 is 20.9 Å². The molecule has 1 atom stereocenters. The summed E-state index contributed by atoms with van der Waals surface area (Å²) in [6, 6.07) is 5.69. The second-order valence-electron chi connectivity index (χ2n) is 13.5. The summed E-state index contributed by atoms with van der Waals surface area (Å²) in [7, 11) is -2.37. The second kappa shape index (κ2) is 15.6. The van der Waals surface area contributed by atoms with Gasteiger partial charge in [-0.2, -0.15) is 18.9 Å². The average molecular weight is 832 g/mol. The first-order valence-electron chi connectivity index (χ1n) is 16.2. The average Bonchev–Trinajstić information content (AvgIpc) is 3.37. The molecule has 0 aliphatic carbocycles. The summed E-state index contributed by atoms with van der Waals surface area (Å²) in [4.78, 5) is 49.0. The van der Waals surface area contributed by atoms with Gasteiger partial charge in [0.2, 0.25) is 11.8 Å². The number of alkyl halides is 4. The van der Waals surface area contributed by atoms with Gasteiger partial charge < -0.3 is 20.1 Å². The number of hydrogen-bond acceptors (Lipinski definition) is 10. The molecule has 0 saturated heterocycles. The van der Waals surface area contributed by atoms with Crippen molar-refractivity contribution in [1.82, 2.24) is 29.6 Å². The molecule has 2 aromatic carbocycles. The van der Waals surface area contributed by atoms with Crippen LogP contribution in [0.25, 0.3) is 27.6 Å². The molecule has 300 valence electrons. The lowest BCUT2D eigenvalue weighted by Gasteiger charge is -2.26. The second-order valence-corrected chi connectivity index (χ2v) is 16.1. The molecule has 0 saturated carbocycles. The van der Waals surface area contributed by atoms with Crippen LogP contribution in [0.2, 0.25) is 5.02 Å². The molecule has 0 fully saturated rings. The minimum absolute atomic E-state index is 0.0161. The number of carbonyl (C=O) groups is 2. The lowest BCUT2D eigenvalue weighted by Crippen LogP contribution is -2.39. The molecule has 5 rings (SSSR count). The number of rotatable bonds is 12. The van der Waals surface area contributed by atoms with Gasteiger partial charge in [-0.15, -0.1) is 0 Å². The molecule has 0 radical (unpaired) electrons. The number of halogens is 7. The summed E-state index contributed by atoms with van der Waals surface area (Å²) in [5.41, 5.74) is -2.54. The van der Waals surface area contributed by atoms with E-state index in [1.165, 1.54) is 23.9 Å². The van der Waals surface area contributed by atoms with Crippen molar-refractivity contribution in [3.8, 4) is 11.6 Å². The van der Waals surface area contributed by atoms with Gasteiger partial charge in [0.25, 0.3) is 5.56 Å². The number of alkyl carbamates (subject to hydrolysis) is 1. The van der Waals surface area contributed by atoms with Crippen LogP contribution in [-0.4, -0.2) is 81.3 Å². The van der Waals surface area contributed by atoms with E-state index in [4.69, 9.17) is 21.1 Å². The SMILES string of the molecule is Cn1nc(NC(=O)CS(C)(=O)=O)c2c(Cl)ccc(-n3c([C@H](Cc4cc(F)cc(F)c4)NC(=O)OC(C)(C)C)nc4nc(OCC(F)(F)C(F)F)ccc4c3=O)c21. The first-order chi connectivity index (χ1) is 25.9. The Morgan fingerprint density at radius 1 is 1.02 bits per heavy atom. The molecule has 2 N–H and O–H groups in total. The van der Waals surface area contributed by atoms with E-state index >= 15 is 0 Å². The molecule has 2 amide bonds. The predicted molar refractivity (Wildman–Crippen MR) is 191 cm³/mol. The first kappa shape index (κ1) is 41.7. The minimum atomic E-state index is -4.56. The fraction of sp³-hybridized carbons (Fsp3) is 0.353. The standard InChI is InChI=1S/C34H32ClF6N7O7S/c1-33(2,3)55-32(51)42-21(12-16-10-17(36)13-18(37)11-16)29-45-27-19(6-9-24(44-27)54-15-34(40,41)31(38)39)30(50)48(29)22-8-7-20(35)25-26(22)47(4)46-28(25)43-23(49)14-56(5,52)53/h6-11,13,21,31H,12,14-15H2,1-5H3,(H,42,51)(H,43,46,49)/t21-/m0/s1. The first-order valence-corrected chi connectivity index (χ1v) is 18.7. The maximum absolute atomic E-state index is 14.6. The topological polar surface area (TPSA) is 176 Å². The highest BCUT2D eigenvalue weighted by Crippen LogP contribution is 2.35. The summed E-state index contributed by atoms with van der Waals surface area (Å²) in [5.74, 6) is -9.62. The maximum Gasteiger partial charge on any atom is 0.408 e. The number of nitrogens with one attached hydrogen (secondary N) is 2. The number of aromatic nitrogens is 5. The number of aryl methyl sites for hydroxylation is 1. The van der Waals surface area contributed by atoms with Crippen LogP contribution in [0.5, 0.6) is 5.88 Å². The molecule has 22 heteroatoms. The van der Waals surface area contributed by atoms with E-state index in [0.29, 0.717) is 6.07 Å². The van der Waals surface area contributed by atoms with Gasteiger partial charge in [0.15, 0.2) is 27.9 Å². The van der Waals surface area contributed by atoms with Crippen LogP contribution >= 0.6 is 11.6 Å². The van der Waals surface area contributed by atoms with Crippen molar-refractivity contribution < 1.29 is 53.8 Å². The zero-order chi connectivity index (χ0) is 41.5. The Hall–Kier alpha value is -5.44. The van der Waals surface area contributed by atoms with Gasteiger partial charge in [0.1, 0.15) is 28.8 Å². The highest BCUT2D eigenvalue weighted by molar-refractivity contribution is 7.91. The van der Waals surface area contributed by atoms with Crippen molar-refractivity contribution in [3.63, 3.8) is 0 Å².